The van der Waals surface area contributed by atoms with Crippen LogP contribution in [0.25, 0.3) is 6.08 Å². The molecule has 1 aliphatic heterocycles. The maximum atomic E-state index is 12.7. The fourth-order valence-electron chi connectivity index (χ4n) is 4.07. The van der Waals surface area contributed by atoms with Crippen molar-refractivity contribution in [1.29, 1.82) is 0 Å². The van der Waals surface area contributed by atoms with Gasteiger partial charge >= 0.3 is 0 Å². The van der Waals surface area contributed by atoms with Crippen LogP contribution in [0.5, 0.6) is 0 Å². The summed E-state index contributed by atoms with van der Waals surface area (Å²) in [5, 5.41) is 3.08. The van der Waals surface area contributed by atoms with Crippen molar-refractivity contribution >= 4 is 30.1 Å². The number of amides is 1. The number of halogens is 1. The van der Waals surface area contributed by atoms with E-state index in [-0.39, 0.29) is 18.3 Å². The van der Waals surface area contributed by atoms with E-state index in [9.17, 15) is 4.79 Å². The minimum Gasteiger partial charge on any atom is -0.322 e. The van der Waals surface area contributed by atoms with E-state index in [0.29, 0.717) is 0 Å². The van der Waals surface area contributed by atoms with Gasteiger partial charge in [0, 0.05) is 17.8 Å². The molecule has 28 heavy (non-hydrogen) atoms. The highest BCUT2D eigenvalue weighted by Gasteiger charge is 2.15. The number of anilines is 1. The number of nitrogens with one attached hydrogen (secondary N) is 1. The predicted octanol–water partition coefficient (Wildman–Crippen LogP) is 5.11. The molecule has 1 aliphatic carbocycles. The third-order valence-corrected chi connectivity index (χ3v) is 5.70. The van der Waals surface area contributed by atoms with E-state index >= 15 is 0 Å². The van der Waals surface area contributed by atoms with Crippen LogP contribution in [0, 0.1) is 0 Å². The largest absolute Gasteiger partial charge is 0.322 e. The lowest BCUT2D eigenvalue weighted by atomic mass is 10.1. The van der Waals surface area contributed by atoms with Gasteiger partial charge in [-0.1, -0.05) is 36.4 Å². The van der Waals surface area contributed by atoms with E-state index in [2.05, 4.69) is 46.6 Å². The lowest BCUT2D eigenvalue weighted by molar-refractivity contribution is -0.112. The molecule has 148 valence electrons. The van der Waals surface area contributed by atoms with Crippen LogP contribution in [-0.4, -0.2) is 30.4 Å². The van der Waals surface area contributed by atoms with Crippen molar-refractivity contribution in [3.63, 3.8) is 0 Å². The topological polar surface area (TPSA) is 32.3 Å². The Morgan fingerprint density at radius 3 is 2.46 bits per heavy atom. The van der Waals surface area contributed by atoms with Crippen molar-refractivity contribution in [2.24, 2.45) is 0 Å². The first-order valence-electron chi connectivity index (χ1n) is 10.2. The van der Waals surface area contributed by atoms with Gasteiger partial charge in [-0.2, -0.15) is 0 Å². The van der Waals surface area contributed by atoms with Gasteiger partial charge < -0.3 is 10.2 Å². The molecule has 1 amide bonds. The number of hydrogen-bond donors (Lipinski definition) is 1. The fourth-order valence-corrected chi connectivity index (χ4v) is 4.07. The second-order valence-corrected chi connectivity index (χ2v) is 7.67. The maximum absolute atomic E-state index is 12.7. The van der Waals surface area contributed by atoms with Gasteiger partial charge in [0.05, 0.1) is 0 Å². The second-order valence-electron chi connectivity index (χ2n) is 7.67. The summed E-state index contributed by atoms with van der Waals surface area (Å²) in [4.78, 5) is 15.3. The molecular weight excluding hydrogens is 368 g/mol. The molecule has 0 spiro atoms. The van der Waals surface area contributed by atoms with Crippen molar-refractivity contribution in [1.82, 2.24) is 4.90 Å². The van der Waals surface area contributed by atoms with E-state index in [1.54, 1.807) is 0 Å². The summed E-state index contributed by atoms with van der Waals surface area (Å²) in [6.45, 7) is 3.62. The fraction of sp³-hybridized carbons (Fsp3) is 0.375. The molecule has 1 N–H and O–H groups in total. The Morgan fingerprint density at radius 2 is 1.68 bits per heavy atom. The summed E-state index contributed by atoms with van der Waals surface area (Å²) < 4.78 is 0. The van der Waals surface area contributed by atoms with Gasteiger partial charge in [0.25, 0.3) is 5.91 Å². The smallest absolute Gasteiger partial charge is 0.251 e. The predicted molar refractivity (Wildman–Crippen MR) is 119 cm³/mol. The van der Waals surface area contributed by atoms with Crippen LogP contribution in [-0.2, 0) is 17.6 Å². The van der Waals surface area contributed by atoms with Gasteiger partial charge in [0.1, 0.15) is 0 Å². The SMILES string of the molecule is Cl.O=C(Nc1ccc(CCN2CCCC2)cc1)C1=Cc2ccccc2CCC1. The Hall–Kier alpha value is -2.10. The molecule has 0 unspecified atom stereocenters. The van der Waals surface area contributed by atoms with E-state index in [1.165, 1.54) is 42.6 Å². The molecule has 0 bridgehead atoms. The Labute approximate surface area is 174 Å². The molecule has 1 heterocycles. The van der Waals surface area contributed by atoms with Crippen LogP contribution in [0.1, 0.15) is 42.4 Å². The normalized spacial score (nSPS) is 16.5. The summed E-state index contributed by atoms with van der Waals surface area (Å²) in [6.07, 6.45) is 8.70. The van der Waals surface area contributed by atoms with Gasteiger partial charge in [-0.05, 0) is 86.5 Å². The highest BCUT2D eigenvalue weighted by Crippen LogP contribution is 2.24. The maximum Gasteiger partial charge on any atom is 0.251 e. The molecule has 2 aliphatic rings. The third-order valence-electron chi connectivity index (χ3n) is 5.70. The zero-order valence-corrected chi connectivity index (χ0v) is 17.1. The average Bonchev–Trinajstić information content (AvgIpc) is 3.12. The van der Waals surface area contributed by atoms with Crippen molar-refractivity contribution in [3.8, 4) is 0 Å². The van der Waals surface area contributed by atoms with Crippen LogP contribution in [0.15, 0.2) is 54.1 Å². The van der Waals surface area contributed by atoms with Crippen LogP contribution in [0.2, 0.25) is 0 Å². The Kier molecular flexibility index (Phi) is 7.30. The summed E-state index contributed by atoms with van der Waals surface area (Å²) in [7, 11) is 0. The van der Waals surface area contributed by atoms with Gasteiger partial charge in [0.2, 0.25) is 0 Å². The Bertz CT molecular complexity index is 823. The summed E-state index contributed by atoms with van der Waals surface area (Å²) >= 11 is 0. The van der Waals surface area contributed by atoms with Crippen LogP contribution in [0.4, 0.5) is 5.69 Å². The standard InChI is InChI=1S/C24H28N2O.ClH/c27-24(22-9-5-8-20-6-1-2-7-21(20)18-22)25-23-12-10-19(11-13-23)14-17-26-15-3-4-16-26;/h1-2,6-7,10-13,18H,3-5,8-9,14-17H2,(H,25,27);1H. The second kappa shape index (κ2) is 9.90. The monoisotopic (exact) mass is 396 g/mol. The molecule has 2 aromatic rings. The summed E-state index contributed by atoms with van der Waals surface area (Å²) in [5.41, 5.74) is 5.60. The van der Waals surface area contributed by atoms with E-state index < -0.39 is 0 Å². The molecule has 0 radical (unpaired) electrons. The number of aryl methyl sites for hydroxylation is 1. The number of rotatable bonds is 5. The first-order valence-corrected chi connectivity index (χ1v) is 10.2. The molecule has 0 atom stereocenters. The van der Waals surface area contributed by atoms with Crippen LogP contribution >= 0.6 is 12.4 Å². The highest BCUT2D eigenvalue weighted by molar-refractivity contribution is 6.06. The lowest BCUT2D eigenvalue weighted by Gasteiger charge is -2.14. The number of hydrogen-bond acceptors (Lipinski definition) is 2. The molecule has 0 aromatic heterocycles. The molecule has 3 nitrogen and oxygen atoms in total. The van der Waals surface area contributed by atoms with Gasteiger partial charge in [-0.15, -0.1) is 12.4 Å². The first-order chi connectivity index (χ1) is 13.3. The van der Waals surface area contributed by atoms with E-state index in [1.807, 2.05) is 18.2 Å². The quantitative estimate of drug-likeness (QED) is 0.762. The highest BCUT2D eigenvalue weighted by atomic mass is 35.5. The molecule has 0 saturated carbocycles. The van der Waals surface area contributed by atoms with Crippen LogP contribution < -0.4 is 5.32 Å². The van der Waals surface area contributed by atoms with Gasteiger partial charge in [-0.3, -0.25) is 4.79 Å². The average molecular weight is 397 g/mol. The molecule has 1 fully saturated rings. The minimum atomic E-state index is 0. The molecule has 4 rings (SSSR count). The minimum absolute atomic E-state index is 0. The van der Waals surface area contributed by atoms with E-state index in [0.717, 1.165) is 43.5 Å². The van der Waals surface area contributed by atoms with Crippen molar-refractivity contribution in [2.75, 3.05) is 25.0 Å². The van der Waals surface area contributed by atoms with Crippen molar-refractivity contribution in [2.45, 2.75) is 38.5 Å². The van der Waals surface area contributed by atoms with Gasteiger partial charge in [-0.25, -0.2) is 0 Å². The van der Waals surface area contributed by atoms with Gasteiger partial charge in [0.15, 0.2) is 0 Å². The number of fused-ring (bicyclic) bond motifs is 1. The molecule has 1 saturated heterocycles. The third kappa shape index (κ3) is 5.24. The zero-order valence-electron chi connectivity index (χ0n) is 16.3. The zero-order chi connectivity index (χ0) is 18.5. The number of benzene rings is 2. The first kappa shape index (κ1) is 20.6. The number of carbonyl (C=O) groups is 1. The van der Waals surface area contributed by atoms with Crippen molar-refractivity contribution < 1.29 is 4.79 Å². The summed E-state index contributed by atoms with van der Waals surface area (Å²) in [5.74, 6) is 0.0246. The Balaban J connectivity index is 0.00000225. The van der Waals surface area contributed by atoms with E-state index in [4.69, 9.17) is 0 Å². The van der Waals surface area contributed by atoms with Crippen LogP contribution in [0.3, 0.4) is 0 Å². The number of carbonyl (C=O) groups excluding carboxylic acids is 1. The number of nitrogens with zero attached hydrogens (tertiary/aromatic N) is 1. The van der Waals surface area contributed by atoms with Crippen molar-refractivity contribution in [3.05, 3.63) is 70.8 Å². The molecule has 4 heteroatoms. The number of likely N-dealkylation sites (tertiary alicyclic amines) is 1. The summed E-state index contributed by atoms with van der Waals surface area (Å²) in [6, 6.07) is 16.7. The molecular formula is C24H29ClN2O. The Morgan fingerprint density at radius 1 is 0.929 bits per heavy atom. The lowest BCUT2D eigenvalue weighted by Crippen LogP contribution is -2.21. The molecule has 2 aromatic carbocycles.